The van der Waals surface area contributed by atoms with Gasteiger partial charge in [0.05, 0.1) is 20.6 Å². The number of benzene rings is 3. The standard InChI is InChI=1S/C31H34Cl3N3O4S/c1-20-8-13-26(14-9-20)42(40,41)37(29-17-24(32)12-10-21(29)2)19-30(38)36(18-23-11-15-27(33)28(34)16-23)22(3)31(39)35-25-6-4-5-7-25/h8-17,22,25H,4-7,18-19H2,1-3H3,(H,35,39). The quantitative estimate of drug-likeness (QED) is 0.258. The summed E-state index contributed by atoms with van der Waals surface area (Å²) >= 11 is 18.7. The minimum absolute atomic E-state index is 0.0158. The Morgan fingerprint density at radius 2 is 1.60 bits per heavy atom. The molecule has 1 aliphatic rings. The van der Waals surface area contributed by atoms with Gasteiger partial charge in [0.15, 0.2) is 0 Å². The summed E-state index contributed by atoms with van der Waals surface area (Å²) in [5.41, 5.74) is 2.43. The molecule has 0 heterocycles. The summed E-state index contributed by atoms with van der Waals surface area (Å²) in [5, 5.41) is 4.04. The Labute approximate surface area is 262 Å². The lowest BCUT2D eigenvalue weighted by molar-refractivity contribution is -0.139. The molecule has 3 aromatic rings. The highest BCUT2D eigenvalue weighted by Crippen LogP contribution is 2.31. The molecule has 0 aliphatic heterocycles. The first kappa shape index (κ1) is 32.1. The topological polar surface area (TPSA) is 86.8 Å². The van der Waals surface area contributed by atoms with Crippen LogP contribution >= 0.6 is 34.8 Å². The molecule has 2 amide bonds. The minimum Gasteiger partial charge on any atom is -0.352 e. The second-order valence-electron chi connectivity index (χ2n) is 10.7. The molecule has 1 aliphatic carbocycles. The lowest BCUT2D eigenvalue weighted by Crippen LogP contribution is -2.52. The fraction of sp³-hybridized carbons (Fsp3) is 0.355. The van der Waals surface area contributed by atoms with E-state index in [1.54, 1.807) is 56.3 Å². The van der Waals surface area contributed by atoms with Gasteiger partial charge < -0.3 is 10.2 Å². The molecular formula is C31H34Cl3N3O4S. The van der Waals surface area contributed by atoms with Crippen LogP contribution < -0.4 is 9.62 Å². The van der Waals surface area contributed by atoms with E-state index in [0.717, 1.165) is 35.6 Å². The molecule has 1 atom stereocenters. The molecule has 0 saturated heterocycles. The van der Waals surface area contributed by atoms with Crippen molar-refractivity contribution in [1.82, 2.24) is 10.2 Å². The van der Waals surface area contributed by atoms with Crippen molar-refractivity contribution in [3.8, 4) is 0 Å². The van der Waals surface area contributed by atoms with Gasteiger partial charge in [0.1, 0.15) is 12.6 Å². The first-order chi connectivity index (χ1) is 19.9. The second-order valence-corrected chi connectivity index (χ2v) is 13.8. The van der Waals surface area contributed by atoms with E-state index in [9.17, 15) is 18.0 Å². The maximum Gasteiger partial charge on any atom is 0.264 e. The predicted octanol–water partition coefficient (Wildman–Crippen LogP) is 6.94. The zero-order chi connectivity index (χ0) is 30.6. The van der Waals surface area contributed by atoms with E-state index in [1.807, 2.05) is 6.92 Å². The summed E-state index contributed by atoms with van der Waals surface area (Å²) in [6, 6.07) is 15.4. The van der Waals surface area contributed by atoms with E-state index in [-0.39, 0.29) is 29.1 Å². The van der Waals surface area contributed by atoms with Crippen molar-refractivity contribution in [2.45, 2.75) is 70.0 Å². The van der Waals surface area contributed by atoms with E-state index in [4.69, 9.17) is 34.8 Å². The van der Waals surface area contributed by atoms with Gasteiger partial charge in [-0.2, -0.15) is 0 Å². The predicted molar refractivity (Wildman–Crippen MR) is 169 cm³/mol. The number of rotatable bonds is 10. The average Bonchev–Trinajstić information content (AvgIpc) is 3.46. The summed E-state index contributed by atoms with van der Waals surface area (Å²) in [4.78, 5) is 28.9. The number of hydrogen-bond donors (Lipinski definition) is 1. The molecule has 1 saturated carbocycles. The molecular weight excluding hydrogens is 617 g/mol. The van der Waals surface area contributed by atoms with Gasteiger partial charge in [-0.05, 0) is 81.1 Å². The molecule has 0 radical (unpaired) electrons. The summed E-state index contributed by atoms with van der Waals surface area (Å²) < 4.78 is 29.1. The van der Waals surface area contributed by atoms with Crippen LogP contribution in [0.3, 0.4) is 0 Å². The van der Waals surface area contributed by atoms with Crippen molar-refractivity contribution < 1.29 is 18.0 Å². The van der Waals surface area contributed by atoms with Crippen LogP contribution in [0, 0.1) is 13.8 Å². The Morgan fingerprint density at radius 1 is 0.929 bits per heavy atom. The number of aryl methyl sites for hydroxylation is 2. The second kappa shape index (κ2) is 13.7. The fourth-order valence-electron chi connectivity index (χ4n) is 5.01. The molecule has 224 valence electrons. The number of nitrogens with zero attached hydrogens (tertiary/aromatic N) is 2. The third-order valence-electron chi connectivity index (χ3n) is 7.53. The highest BCUT2D eigenvalue weighted by Gasteiger charge is 2.34. The Morgan fingerprint density at radius 3 is 2.24 bits per heavy atom. The van der Waals surface area contributed by atoms with Gasteiger partial charge in [0.2, 0.25) is 11.8 Å². The first-order valence-electron chi connectivity index (χ1n) is 13.8. The van der Waals surface area contributed by atoms with Crippen LogP contribution in [0.2, 0.25) is 15.1 Å². The normalized spacial score (nSPS) is 14.4. The molecule has 0 spiro atoms. The van der Waals surface area contributed by atoms with Crippen molar-refractivity contribution >= 4 is 62.3 Å². The highest BCUT2D eigenvalue weighted by molar-refractivity contribution is 7.92. The lowest BCUT2D eigenvalue weighted by atomic mass is 10.1. The zero-order valence-corrected chi connectivity index (χ0v) is 26.8. The summed E-state index contributed by atoms with van der Waals surface area (Å²) in [6.45, 7) is 4.71. The summed E-state index contributed by atoms with van der Waals surface area (Å²) in [7, 11) is -4.20. The number of anilines is 1. The van der Waals surface area contributed by atoms with E-state index in [1.165, 1.54) is 23.1 Å². The fourth-order valence-corrected chi connectivity index (χ4v) is 6.97. The van der Waals surface area contributed by atoms with Gasteiger partial charge >= 0.3 is 0 Å². The molecule has 1 unspecified atom stereocenters. The molecule has 1 fully saturated rings. The van der Waals surface area contributed by atoms with E-state index >= 15 is 0 Å². The number of sulfonamides is 1. The van der Waals surface area contributed by atoms with E-state index in [0.29, 0.717) is 26.2 Å². The number of hydrogen-bond acceptors (Lipinski definition) is 4. The molecule has 7 nitrogen and oxygen atoms in total. The summed E-state index contributed by atoms with van der Waals surface area (Å²) in [5.74, 6) is -0.868. The van der Waals surface area contributed by atoms with E-state index < -0.39 is 28.5 Å². The molecule has 0 bridgehead atoms. The Bertz CT molecular complexity index is 1560. The van der Waals surface area contributed by atoms with Crippen LogP contribution in [0.15, 0.2) is 65.6 Å². The van der Waals surface area contributed by atoms with Crippen LogP contribution in [0.5, 0.6) is 0 Å². The largest absolute Gasteiger partial charge is 0.352 e. The molecule has 11 heteroatoms. The molecule has 4 rings (SSSR count). The van der Waals surface area contributed by atoms with Crippen LogP contribution in [-0.2, 0) is 26.2 Å². The third kappa shape index (κ3) is 7.59. The number of halogens is 3. The summed E-state index contributed by atoms with van der Waals surface area (Å²) in [6.07, 6.45) is 3.84. The first-order valence-corrected chi connectivity index (χ1v) is 16.3. The number of amides is 2. The van der Waals surface area contributed by atoms with Crippen LogP contribution in [-0.4, -0.2) is 43.8 Å². The minimum atomic E-state index is -4.20. The van der Waals surface area contributed by atoms with Crippen molar-refractivity contribution in [2.75, 3.05) is 10.8 Å². The van der Waals surface area contributed by atoms with Crippen molar-refractivity contribution in [3.05, 3.63) is 92.4 Å². The van der Waals surface area contributed by atoms with Crippen molar-refractivity contribution in [2.24, 2.45) is 0 Å². The SMILES string of the molecule is Cc1ccc(S(=O)(=O)N(CC(=O)N(Cc2ccc(Cl)c(Cl)c2)C(C)C(=O)NC2CCCC2)c2cc(Cl)ccc2C)cc1. The molecule has 1 N–H and O–H groups in total. The maximum atomic E-state index is 14.1. The molecule has 3 aromatic carbocycles. The van der Waals surface area contributed by atoms with Crippen molar-refractivity contribution in [3.63, 3.8) is 0 Å². The monoisotopic (exact) mass is 649 g/mol. The van der Waals surface area contributed by atoms with Gasteiger partial charge in [-0.1, -0.05) is 77.5 Å². The van der Waals surface area contributed by atoms with Crippen molar-refractivity contribution in [1.29, 1.82) is 0 Å². The van der Waals surface area contributed by atoms with Gasteiger partial charge in [-0.25, -0.2) is 8.42 Å². The van der Waals surface area contributed by atoms with Gasteiger partial charge in [0.25, 0.3) is 10.0 Å². The Balaban J connectivity index is 1.73. The number of carbonyl (C=O) groups excluding carboxylic acids is 2. The third-order valence-corrected chi connectivity index (χ3v) is 10.3. The zero-order valence-electron chi connectivity index (χ0n) is 23.7. The number of carbonyl (C=O) groups is 2. The van der Waals surface area contributed by atoms with E-state index in [2.05, 4.69) is 5.32 Å². The van der Waals surface area contributed by atoms with Crippen LogP contribution in [0.25, 0.3) is 0 Å². The highest BCUT2D eigenvalue weighted by atomic mass is 35.5. The van der Waals surface area contributed by atoms with Gasteiger partial charge in [0, 0.05) is 17.6 Å². The molecule has 0 aromatic heterocycles. The van der Waals surface area contributed by atoms with Crippen LogP contribution in [0.4, 0.5) is 5.69 Å². The molecule has 42 heavy (non-hydrogen) atoms. The van der Waals surface area contributed by atoms with Gasteiger partial charge in [-0.15, -0.1) is 0 Å². The maximum absolute atomic E-state index is 14.1. The lowest BCUT2D eigenvalue weighted by Gasteiger charge is -2.33. The van der Waals surface area contributed by atoms with Gasteiger partial charge in [-0.3, -0.25) is 13.9 Å². The Hall–Kier alpha value is -2.78. The smallest absolute Gasteiger partial charge is 0.264 e. The number of nitrogens with one attached hydrogen (secondary N) is 1. The Kier molecular flexibility index (Phi) is 10.5. The van der Waals surface area contributed by atoms with Crippen LogP contribution in [0.1, 0.15) is 49.3 Å². The average molecular weight is 651 g/mol.